The molecule has 0 amide bonds. The summed E-state index contributed by atoms with van der Waals surface area (Å²) in [5, 5.41) is 9.64. The molecule has 0 saturated heterocycles. The van der Waals surface area contributed by atoms with E-state index in [1.54, 1.807) is 49.4 Å². The predicted octanol–water partition coefficient (Wildman–Crippen LogP) is 8.21. The zero-order valence-corrected chi connectivity index (χ0v) is 20.1. The summed E-state index contributed by atoms with van der Waals surface area (Å²) in [4.78, 5) is 0. The molecule has 5 heteroatoms. The van der Waals surface area contributed by atoms with E-state index in [2.05, 4.69) is 0 Å². The number of benzene rings is 3. The first-order valence-corrected chi connectivity index (χ1v) is 12.2. The van der Waals surface area contributed by atoms with Gasteiger partial charge in [0.05, 0.1) is 12.7 Å². The molecule has 1 unspecified atom stereocenters. The third kappa shape index (κ3) is 5.79. The Morgan fingerprint density at radius 1 is 0.943 bits per heavy atom. The number of ether oxygens (including phenoxy) is 1. The third-order valence-electron chi connectivity index (χ3n) is 6.86. The average Bonchev–Trinajstić information content (AvgIpc) is 2.86. The van der Waals surface area contributed by atoms with Gasteiger partial charge in [0, 0.05) is 17.2 Å². The maximum Gasteiger partial charge on any atom is 0.167 e. The van der Waals surface area contributed by atoms with Gasteiger partial charge in [-0.3, -0.25) is 0 Å². The van der Waals surface area contributed by atoms with Gasteiger partial charge < -0.3 is 9.84 Å². The van der Waals surface area contributed by atoms with Crippen LogP contribution in [0.2, 0.25) is 0 Å². The van der Waals surface area contributed by atoms with Crippen molar-refractivity contribution in [1.29, 1.82) is 0 Å². The molecule has 0 spiro atoms. The second kappa shape index (κ2) is 11.1. The van der Waals surface area contributed by atoms with Crippen LogP contribution in [0.15, 0.2) is 60.7 Å². The lowest BCUT2D eigenvalue weighted by atomic mass is 9.78. The van der Waals surface area contributed by atoms with Crippen molar-refractivity contribution in [3.8, 4) is 16.9 Å². The third-order valence-corrected chi connectivity index (χ3v) is 6.86. The Labute approximate surface area is 205 Å². The van der Waals surface area contributed by atoms with Crippen LogP contribution in [-0.2, 0) is 0 Å². The van der Waals surface area contributed by atoms with Crippen LogP contribution in [0.4, 0.5) is 13.2 Å². The van der Waals surface area contributed by atoms with Gasteiger partial charge >= 0.3 is 0 Å². The number of allylic oxidation sites excluding steroid dienone is 1. The van der Waals surface area contributed by atoms with Gasteiger partial charge in [0.15, 0.2) is 11.6 Å². The number of hydrogen-bond donors (Lipinski definition) is 1. The molecule has 1 atom stereocenters. The van der Waals surface area contributed by atoms with Gasteiger partial charge in [-0.25, -0.2) is 13.2 Å². The van der Waals surface area contributed by atoms with E-state index in [0.717, 1.165) is 31.2 Å². The van der Waals surface area contributed by atoms with E-state index >= 15 is 0 Å². The van der Waals surface area contributed by atoms with E-state index in [0.29, 0.717) is 23.5 Å². The molecule has 1 aliphatic rings. The lowest BCUT2D eigenvalue weighted by Crippen LogP contribution is -2.13. The van der Waals surface area contributed by atoms with Gasteiger partial charge in [0.2, 0.25) is 0 Å². The van der Waals surface area contributed by atoms with E-state index in [1.165, 1.54) is 6.07 Å². The summed E-state index contributed by atoms with van der Waals surface area (Å²) >= 11 is 0. The SMILES string of the molecule is CCOc1ccc(C2CCC(/C=C/c3ccc(-c4ccc(C(C)O)cc4)c(F)c3F)CC2)c(F)c1. The summed E-state index contributed by atoms with van der Waals surface area (Å²) in [5.41, 5.74) is 2.40. The van der Waals surface area contributed by atoms with Gasteiger partial charge in [-0.2, -0.15) is 0 Å². The summed E-state index contributed by atoms with van der Waals surface area (Å²) in [7, 11) is 0. The number of halogens is 3. The summed E-state index contributed by atoms with van der Waals surface area (Å²) in [6.45, 7) is 4.02. The lowest BCUT2D eigenvalue weighted by Gasteiger charge is -2.27. The highest BCUT2D eigenvalue weighted by atomic mass is 19.2. The van der Waals surface area contributed by atoms with Crippen LogP contribution < -0.4 is 4.74 Å². The van der Waals surface area contributed by atoms with Gasteiger partial charge in [0.25, 0.3) is 0 Å². The van der Waals surface area contributed by atoms with Crippen molar-refractivity contribution in [3.63, 3.8) is 0 Å². The van der Waals surface area contributed by atoms with Crippen molar-refractivity contribution in [3.05, 3.63) is 94.8 Å². The minimum absolute atomic E-state index is 0.156. The molecule has 1 saturated carbocycles. The van der Waals surface area contributed by atoms with Gasteiger partial charge in [-0.15, -0.1) is 0 Å². The fourth-order valence-electron chi connectivity index (χ4n) is 4.82. The first-order valence-electron chi connectivity index (χ1n) is 12.2. The van der Waals surface area contributed by atoms with Crippen molar-refractivity contribution >= 4 is 6.08 Å². The maximum atomic E-state index is 14.8. The number of rotatable bonds is 7. The van der Waals surface area contributed by atoms with Crippen LogP contribution in [0, 0.1) is 23.4 Å². The van der Waals surface area contributed by atoms with Crippen LogP contribution in [0.5, 0.6) is 5.75 Å². The molecule has 184 valence electrons. The van der Waals surface area contributed by atoms with Crippen LogP contribution >= 0.6 is 0 Å². The zero-order valence-electron chi connectivity index (χ0n) is 20.1. The number of hydrogen-bond acceptors (Lipinski definition) is 2. The molecule has 3 aromatic rings. The van der Waals surface area contributed by atoms with E-state index in [4.69, 9.17) is 4.74 Å². The van der Waals surface area contributed by atoms with Crippen molar-refractivity contribution in [1.82, 2.24) is 0 Å². The predicted molar refractivity (Wildman–Crippen MR) is 134 cm³/mol. The summed E-state index contributed by atoms with van der Waals surface area (Å²) in [5.74, 6) is -1.04. The Bertz CT molecular complexity index is 1180. The van der Waals surface area contributed by atoms with E-state index in [1.807, 2.05) is 25.1 Å². The summed E-state index contributed by atoms with van der Waals surface area (Å²) in [6.07, 6.45) is 6.40. The summed E-state index contributed by atoms with van der Waals surface area (Å²) < 4.78 is 49.5. The van der Waals surface area contributed by atoms with E-state index in [9.17, 15) is 18.3 Å². The Hall–Kier alpha value is -3.05. The number of aliphatic hydroxyl groups is 1. The molecule has 0 aliphatic heterocycles. The van der Waals surface area contributed by atoms with Crippen LogP contribution in [0.1, 0.15) is 68.2 Å². The molecule has 0 heterocycles. The fraction of sp³-hybridized carbons (Fsp3) is 0.333. The van der Waals surface area contributed by atoms with E-state index in [-0.39, 0.29) is 28.8 Å². The standard InChI is InChI=1S/C30H31F3O2/c1-3-35-25-15-17-26(28(31)18-25)22-7-4-20(5-8-22)6-9-24-14-16-27(30(33)29(24)32)23-12-10-21(11-13-23)19(2)34/h6,9-20,22,34H,3-5,7-8H2,1-2H3/b9-6+. The Balaban J connectivity index is 1.40. The van der Waals surface area contributed by atoms with Crippen molar-refractivity contribution in [2.75, 3.05) is 6.61 Å². The summed E-state index contributed by atoms with van der Waals surface area (Å²) in [6, 6.07) is 15.0. The molecule has 2 nitrogen and oxygen atoms in total. The minimum Gasteiger partial charge on any atom is -0.494 e. The molecule has 1 aliphatic carbocycles. The molecule has 0 bridgehead atoms. The van der Waals surface area contributed by atoms with Gasteiger partial charge in [-0.1, -0.05) is 54.6 Å². The fourth-order valence-corrected chi connectivity index (χ4v) is 4.82. The molecule has 4 rings (SSSR count). The molecular formula is C30H31F3O2. The normalized spacial score (nSPS) is 19.1. The zero-order chi connectivity index (χ0) is 24.9. The van der Waals surface area contributed by atoms with Crippen LogP contribution in [0.3, 0.4) is 0 Å². The average molecular weight is 481 g/mol. The first kappa shape index (κ1) is 25.1. The topological polar surface area (TPSA) is 29.5 Å². The Kier molecular flexibility index (Phi) is 7.97. The molecule has 1 N–H and O–H groups in total. The van der Waals surface area contributed by atoms with E-state index < -0.39 is 17.7 Å². The molecule has 0 radical (unpaired) electrons. The minimum atomic E-state index is -0.883. The van der Waals surface area contributed by atoms with Crippen LogP contribution in [0.25, 0.3) is 17.2 Å². The van der Waals surface area contributed by atoms with Crippen molar-refractivity contribution in [2.24, 2.45) is 5.92 Å². The monoisotopic (exact) mass is 480 g/mol. The Morgan fingerprint density at radius 3 is 2.29 bits per heavy atom. The van der Waals surface area contributed by atoms with Gasteiger partial charge in [0.1, 0.15) is 11.6 Å². The van der Waals surface area contributed by atoms with Crippen molar-refractivity contribution in [2.45, 2.75) is 51.6 Å². The second-order valence-corrected chi connectivity index (χ2v) is 9.22. The van der Waals surface area contributed by atoms with Crippen molar-refractivity contribution < 1.29 is 23.0 Å². The largest absolute Gasteiger partial charge is 0.494 e. The molecule has 3 aromatic carbocycles. The molecule has 35 heavy (non-hydrogen) atoms. The second-order valence-electron chi connectivity index (χ2n) is 9.22. The quantitative estimate of drug-likeness (QED) is 0.369. The molecule has 1 fully saturated rings. The molecule has 0 aromatic heterocycles. The lowest BCUT2D eigenvalue weighted by molar-refractivity contribution is 0.199. The highest BCUT2D eigenvalue weighted by molar-refractivity contribution is 5.67. The first-order chi connectivity index (χ1) is 16.9. The van der Waals surface area contributed by atoms with Gasteiger partial charge in [-0.05, 0) is 74.1 Å². The number of aliphatic hydroxyl groups excluding tert-OH is 1. The maximum absolute atomic E-state index is 14.8. The van der Waals surface area contributed by atoms with Crippen LogP contribution in [-0.4, -0.2) is 11.7 Å². The Morgan fingerprint density at radius 2 is 1.66 bits per heavy atom. The highest BCUT2D eigenvalue weighted by Gasteiger charge is 2.23. The smallest absolute Gasteiger partial charge is 0.167 e. The molecular weight excluding hydrogens is 449 g/mol. The highest BCUT2D eigenvalue weighted by Crippen LogP contribution is 2.38.